The Kier molecular flexibility index (Phi) is 7.56. The Morgan fingerprint density at radius 3 is 2.44 bits per heavy atom. The molecule has 1 heterocycles. The number of ketones is 1. The van der Waals surface area contributed by atoms with Crippen molar-refractivity contribution in [3.8, 4) is 0 Å². The average molecular weight is 348 g/mol. The molecule has 0 aliphatic carbocycles. The molecule has 0 radical (unpaired) electrons. The van der Waals surface area contributed by atoms with Crippen LogP contribution in [0.5, 0.6) is 0 Å². The van der Waals surface area contributed by atoms with Gasteiger partial charge >= 0.3 is 0 Å². The van der Waals surface area contributed by atoms with E-state index in [-0.39, 0.29) is 23.5 Å². The van der Waals surface area contributed by atoms with E-state index in [1.165, 1.54) is 12.1 Å². The van der Waals surface area contributed by atoms with Crippen molar-refractivity contribution in [3.63, 3.8) is 0 Å². The number of halogens is 1. The molecule has 1 N–H and O–H groups in total. The molecule has 1 amide bonds. The summed E-state index contributed by atoms with van der Waals surface area (Å²) >= 11 is 0. The van der Waals surface area contributed by atoms with Gasteiger partial charge in [0.1, 0.15) is 5.82 Å². The standard InChI is InChI=1S/C20H29FN2O2/c1-15(2)14-20(25)22-18-9-12-23(13-10-18)11-3-4-19(24)16-5-7-17(21)8-6-16/h5-8,15,18H,3-4,9-14H2,1-2H3,(H,22,25). The predicted octanol–water partition coefficient (Wildman–Crippen LogP) is 3.42. The molecule has 0 bridgehead atoms. The van der Waals surface area contributed by atoms with Gasteiger partial charge in [0.15, 0.2) is 5.78 Å². The maximum atomic E-state index is 12.9. The van der Waals surface area contributed by atoms with Crippen LogP contribution < -0.4 is 5.32 Å². The molecular formula is C20H29FN2O2. The second-order valence-corrected chi connectivity index (χ2v) is 7.32. The highest BCUT2D eigenvalue weighted by Gasteiger charge is 2.20. The van der Waals surface area contributed by atoms with Crippen molar-refractivity contribution >= 4 is 11.7 Å². The Hall–Kier alpha value is -1.75. The molecule has 0 atom stereocenters. The van der Waals surface area contributed by atoms with Gasteiger partial charge in [-0.1, -0.05) is 13.8 Å². The summed E-state index contributed by atoms with van der Waals surface area (Å²) in [7, 11) is 0. The van der Waals surface area contributed by atoms with Crippen LogP contribution in [0.3, 0.4) is 0 Å². The lowest BCUT2D eigenvalue weighted by Crippen LogP contribution is -2.45. The number of hydrogen-bond acceptors (Lipinski definition) is 3. The topological polar surface area (TPSA) is 49.4 Å². The SMILES string of the molecule is CC(C)CC(=O)NC1CCN(CCCC(=O)c2ccc(F)cc2)CC1. The zero-order valence-corrected chi connectivity index (χ0v) is 15.3. The lowest BCUT2D eigenvalue weighted by Gasteiger charge is -2.32. The Morgan fingerprint density at radius 2 is 1.84 bits per heavy atom. The molecule has 0 spiro atoms. The first kappa shape index (κ1) is 19.6. The highest BCUT2D eigenvalue weighted by atomic mass is 19.1. The number of nitrogens with one attached hydrogen (secondary N) is 1. The van der Waals surface area contributed by atoms with Gasteiger partial charge in [-0.2, -0.15) is 0 Å². The first-order valence-corrected chi connectivity index (χ1v) is 9.24. The number of amides is 1. The summed E-state index contributed by atoms with van der Waals surface area (Å²) in [5, 5.41) is 3.12. The monoisotopic (exact) mass is 348 g/mol. The van der Waals surface area contributed by atoms with E-state index in [0.29, 0.717) is 24.3 Å². The number of piperidine rings is 1. The van der Waals surface area contributed by atoms with E-state index in [0.717, 1.165) is 38.9 Å². The van der Waals surface area contributed by atoms with Crippen LogP contribution in [-0.4, -0.2) is 42.3 Å². The Labute approximate surface area is 149 Å². The first-order valence-electron chi connectivity index (χ1n) is 9.24. The van der Waals surface area contributed by atoms with Crippen molar-refractivity contribution in [2.45, 2.75) is 52.0 Å². The predicted molar refractivity (Wildman–Crippen MR) is 97.0 cm³/mol. The quantitative estimate of drug-likeness (QED) is 0.733. The second-order valence-electron chi connectivity index (χ2n) is 7.32. The summed E-state index contributed by atoms with van der Waals surface area (Å²) in [6, 6.07) is 6.02. The van der Waals surface area contributed by atoms with Gasteiger partial charge in [-0.05, 0) is 56.0 Å². The highest BCUT2D eigenvalue weighted by molar-refractivity contribution is 5.95. The second kappa shape index (κ2) is 9.66. The summed E-state index contributed by atoms with van der Waals surface area (Å²) < 4.78 is 12.9. The van der Waals surface area contributed by atoms with Gasteiger partial charge in [-0.25, -0.2) is 4.39 Å². The minimum atomic E-state index is -0.320. The Balaban J connectivity index is 1.63. The van der Waals surface area contributed by atoms with Crippen molar-refractivity contribution in [1.29, 1.82) is 0 Å². The number of Topliss-reactive ketones (excluding diaryl/α,β-unsaturated/α-hetero) is 1. The fourth-order valence-corrected chi connectivity index (χ4v) is 3.20. The highest BCUT2D eigenvalue weighted by Crippen LogP contribution is 2.13. The van der Waals surface area contributed by atoms with Gasteiger partial charge in [-0.3, -0.25) is 9.59 Å². The van der Waals surface area contributed by atoms with Gasteiger partial charge < -0.3 is 10.2 Å². The van der Waals surface area contributed by atoms with Crippen molar-refractivity contribution < 1.29 is 14.0 Å². The summed E-state index contributed by atoms with van der Waals surface area (Å²) in [5.74, 6) is 0.285. The molecule has 2 rings (SSSR count). The van der Waals surface area contributed by atoms with Crippen LogP contribution in [0.4, 0.5) is 4.39 Å². The summed E-state index contributed by atoms with van der Waals surface area (Å²) in [6.45, 7) is 6.90. The average Bonchev–Trinajstić information content (AvgIpc) is 2.56. The van der Waals surface area contributed by atoms with Crippen LogP contribution in [0, 0.1) is 11.7 Å². The van der Waals surface area contributed by atoms with Crippen LogP contribution in [0.2, 0.25) is 0 Å². The normalized spacial score (nSPS) is 16.2. The van der Waals surface area contributed by atoms with Crippen LogP contribution in [-0.2, 0) is 4.79 Å². The van der Waals surface area contributed by atoms with Crippen molar-refractivity contribution in [2.75, 3.05) is 19.6 Å². The number of carbonyl (C=O) groups excluding carboxylic acids is 2. The van der Waals surface area contributed by atoms with Gasteiger partial charge in [0.05, 0.1) is 0 Å². The molecule has 138 valence electrons. The molecule has 5 heteroatoms. The Bertz CT molecular complexity index is 564. The maximum Gasteiger partial charge on any atom is 0.220 e. The van der Waals surface area contributed by atoms with Crippen LogP contribution in [0.25, 0.3) is 0 Å². The van der Waals surface area contributed by atoms with E-state index in [4.69, 9.17) is 0 Å². The zero-order chi connectivity index (χ0) is 18.2. The van der Waals surface area contributed by atoms with Gasteiger partial charge in [-0.15, -0.1) is 0 Å². The van der Waals surface area contributed by atoms with E-state index in [2.05, 4.69) is 24.1 Å². The molecule has 0 saturated carbocycles. The number of rotatable bonds is 8. The molecule has 0 unspecified atom stereocenters. The molecule has 1 fully saturated rings. The van der Waals surface area contributed by atoms with Crippen molar-refractivity contribution in [1.82, 2.24) is 10.2 Å². The Morgan fingerprint density at radius 1 is 1.20 bits per heavy atom. The minimum absolute atomic E-state index is 0.0656. The fraction of sp³-hybridized carbons (Fsp3) is 0.600. The van der Waals surface area contributed by atoms with Gasteiger partial charge in [0, 0.05) is 37.5 Å². The summed E-state index contributed by atoms with van der Waals surface area (Å²) in [4.78, 5) is 26.2. The largest absolute Gasteiger partial charge is 0.353 e. The van der Waals surface area contributed by atoms with Crippen molar-refractivity contribution in [2.24, 2.45) is 5.92 Å². The molecule has 0 aromatic heterocycles. The molecule has 1 aromatic rings. The number of carbonyl (C=O) groups is 2. The fourth-order valence-electron chi connectivity index (χ4n) is 3.20. The van der Waals surface area contributed by atoms with Gasteiger partial charge in [0.25, 0.3) is 0 Å². The van der Waals surface area contributed by atoms with E-state index < -0.39 is 0 Å². The van der Waals surface area contributed by atoms with Crippen LogP contribution in [0.15, 0.2) is 24.3 Å². The molecule has 1 aliphatic rings. The molecule has 1 aliphatic heterocycles. The lowest BCUT2D eigenvalue weighted by molar-refractivity contribution is -0.122. The number of likely N-dealkylation sites (tertiary alicyclic amines) is 1. The molecular weight excluding hydrogens is 319 g/mol. The van der Waals surface area contributed by atoms with E-state index >= 15 is 0 Å². The number of benzene rings is 1. The number of nitrogens with zero attached hydrogens (tertiary/aromatic N) is 1. The first-order chi connectivity index (χ1) is 11.9. The molecule has 25 heavy (non-hydrogen) atoms. The summed E-state index contributed by atoms with van der Waals surface area (Å²) in [5.41, 5.74) is 0.577. The maximum absolute atomic E-state index is 12.9. The van der Waals surface area contributed by atoms with Gasteiger partial charge in [0.2, 0.25) is 5.91 Å². The summed E-state index contributed by atoms with van der Waals surface area (Å²) in [6.07, 6.45) is 3.81. The van der Waals surface area contributed by atoms with Crippen molar-refractivity contribution in [3.05, 3.63) is 35.6 Å². The third-order valence-electron chi connectivity index (χ3n) is 4.59. The van der Waals surface area contributed by atoms with E-state index in [1.54, 1.807) is 12.1 Å². The smallest absolute Gasteiger partial charge is 0.220 e. The van der Waals surface area contributed by atoms with E-state index in [9.17, 15) is 14.0 Å². The molecule has 1 aromatic carbocycles. The molecule has 1 saturated heterocycles. The zero-order valence-electron chi connectivity index (χ0n) is 15.3. The van der Waals surface area contributed by atoms with Crippen LogP contribution >= 0.6 is 0 Å². The van der Waals surface area contributed by atoms with Crippen LogP contribution in [0.1, 0.15) is 56.3 Å². The third-order valence-corrected chi connectivity index (χ3v) is 4.59. The minimum Gasteiger partial charge on any atom is -0.353 e. The lowest BCUT2D eigenvalue weighted by atomic mass is 10.0. The van der Waals surface area contributed by atoms with E-state index in [1.807, 2.05) is 0 Å². The third kappa shape index (κ3) is 6.94. The number of hydrogen-bond donors (Lipinski definition) is 1. The molecule has 4 nitrogen and oxygen atoms in total.